The molecule has 1 aromatic carbocycles. The first-order valence-electron chi connectivity index (χ1n) is 6.05. The minimum atomic E-state index is 0.732. The predicted molar refractivity (Wildman–Crippen MR) is 67.7 cm³/mol. The van der Waals surface area contributed by atoms with Crippen LogP contribution >= 0.6 is 0 Å². The van der Waals surface area contributed by atoms with E-state index in [2.05, 4.69) is 29.2 Å². The van der Waals surface area contributed by atoms with Gasteiger partial charge in [-0.15, -0.1) is 0 Å². The van der Waals surface area contributed by atoms with Gasteiger partial charge in [-0.2, -0.15) is 0 Å². The van der Waals surface area contributed by atoms with Crippen molar-refractivity contribution in [1.82, 2.24) is 4.98 Å². The number of rotatable bonds is 1. The smallest absolute Gasteiger partial charge is 0.0719 e. The van der Waals surface area contributed by atoms with Gasteiger partial charge in [0.25, 0.3) is 0 Å². The van der Waals surface area contributed by atoms with Crippen molar-refractivity contribution in [2.24, 2.45) is 0 Å². The topological polar surface area (TPSA) is 22.1 Å². The fourth-order valence-corrected chi connectivity index (χ4v) is 2.36. The molecule has 0 aliphatic carbocycles. The molecule has 1 aliphatic rings. The highest BCUT2D eigenvalue weighted by atomic mass is 16.5. The maximum atomic E-state index is 5.59. The summed E-state index contributed by atoms with van der Waals surface area (Å²) in [4.78, 5) is 4.45. The third-order valence-electron chi connectivity index (χ3n) is 3.19. The zero-order chi connectivity index (χ0) is 11.5. The van der Waals surface area contributed by atoms with Gasteiger partial charge in [0.2, 0.25) is 0 Å². The lowest BCUT2D eigenvalue weighted by molar-refractivity contribution is 0.125. The van der Waals surface area contributed by atoms with Crippen molar-refractivity contribution in [3.05, 3.63) is 53.7 Å². The highest BCUT2D eigenvalue weighted by molar-refractivity contribution is 5.65. The van der Waals surface area contributed by atoms with Crippen LogP contribution in [0.15, 0.2) is 42.6 Å². The normalized spacial score (nSPS) is 15.1. The molecular weight excluding hydrogens is 210 g/mol. The molecule has 2 heteroatoms. The molecule has 1 aromatic heterocycles. The molecule has 0 bridgehead atoms. The number of hydrogen-bond acceptors (Lipinski definition) is 2. The van der Waals surface area contributed by atoms with Crippen molar-refractivity contribution in [1.29, 1.82) is 0 Å². The zero-order valence-corrected chi connectivity index (χ0v) is 9.73. The summed E-state index contributed by atoms with van der Waals surface area (Å²) in [5, 5.41) is 0. The standard InChI is InChI=1S/C15H15NO/c1-2-9-16-15(8-1)14-6-3-5-12-11-17-10-4-7-13(12)14/h1-3,5-6,8-9H,4,7,10-11H2. The Bertz CT molecular complexity index is 508. The van der Waals surface area contributed by atoms with Gasteiger partial charge in [-0.25, -0.2) is 0 Å². The monoisotopic (exact) mass is 225 g/mol. The van der Waals surface area contributed by atoms with Gasteiger partial charge in [-0.1, -0.05) is 24.3 Å². The number of aromatic nitrogens is 1. The molecule has 3 rings (SSSR count). The first-order valence-corrected chi connectivity index (χ1v) is 6.05. The molecule has 0 N–H and O–H groups in total. The lowest BCUT2D eigenvalue weighted by atomic mass is 9.96. The molecular formula is C15H15NO. The molecule has 86 valence electrons. The Labute approximate surface area is 101 Å². The Morgan fingerprint density at radius 1 is 1.06 bits per heavy atom. The molecule has 2 aromatic rings. The molecule has 1 aliphatic heterocycles. The molecule has 0 saturated heterocycles. The summed E-state index contributed by atoms with van der Waals surface area (Å²) in [7, 11) is 0. The van der Waals surface area contributed by atoms with E-state index in [0.29, 0.717) is 0 Å². The van der Waals surface area contributed by atoms with E-state index in [1.807, 2.05) is 18.3 Å². The summed E-state index contributed by atoms with van der Waals surface area (Å²) in [6, 6.07) is 12.5. The van der Waals surface area contributed by atoms with Crippen molar-refractivity contribution < 1.29 is 4.74 Å². The quantitative estimate of drug-likeness (QED) is 0.743. The van der Waals surface area contributed by atoms with Crippen LogP contribution in [0.1, 0.15) is 17.5 Å². The summed E-state index contributed by atoms with van der Waals surface area (Å²) < 4.78 is 5.59. The van der Waals surface area contributed by atoms with Crippen molar-refractivity contribution in [2.45, 2.75) is 19.4 Å². The maximum absolute atomic E-state index is 5.59. The maximum Gasteiger partial charge on any atom is 0.0719 e. The van der Waals surface area contributed by atoms with E-state index in [9.17, 15) is 0 Å². The number of fused-ring (bicyclic) bond motifs is 1. The van der Waals surface area contributed by atoms with Crippen LogP contribution in [0, 0.1) is 0 Å². The zero-order valence-electron chi connectivity index (χ0n) is 9.73. The van der Waals surface area contributed by atoms with Crippen molar-refractivity contribution in [2.75, 3.05) is 6.61 Å². The van der Waals surface area contributed by atoms with Crippen LogP contribution in [0.25, 0.3) is 11.3 Å². The number of pyridine rings is 1. The SMILES string of the molecule is c1ccc(-c2cccc3c2CCCOC3)nc1. The number of hydrogen-bond donors (Lipinski definition) is 0. The molecule has 17 heavy (non-hydrogen) atoms. The van der Waals surface area contributed by atoms with E-state index in [1.165, 1.54) is 16.7 Å². The van der Waals surface area contributed by atoms with Crippen molar-refractivity contribution >= 4 is 0 Å². The Balaban J connectivity index is 2.11. The van der Waals surface area contributed by atoms with Crippen molar-refractivity contribution in [3.8, 4) is 11.3 Å². The molecule has 0 fully saturated rings. The van der Waals surface area contributed by atoms with Crippen LogP contribution in [-0.4, -0.2) is 11.6 Å². The van der Waals surface area contributed by atoms with Gasteiger partial charge in [0.05, 0.1) is 12.3 Å². The van der Waals surface area contributed by atoms with Gasteiger partial charge in [0, 0.05) is 18.4 Å². The number of nitrogens with zero attached hydrogens (tertiary/aromatic N) is 1. The van der Waals surface area contributed by atoms with Gasteiger partial charge in [0.1, 0.15) is 0 Å². The second kappa shape index (κ2) is 4.68. The number of ether oxygens (including phenoxy) is 1. The van der Waals surface area contributed by atoms with Crippen LogP contribution in [-0.2, 0) is 17.8 Å². The van der Waals surface area contributed by atoms with Gasteiger partial charge in [0.15, 0.2) is 0 Å². The van der Waals surface area contributed by atoms with Gasteiger partial charge in [-0.05, 0) is 36.1 Å². The first-order chi connectivity index (χ1) is 8.45. The summed E-state index contributed by atoms with van der Waals surface area (Å²) in [6.45, 7) is 1.59. The molecule has 0 spiro atoms. The molecule has 0 atom stereocenters. The van der Waals surface area contributed by atoms with E-state index >= 15 is 0 Å². The lowest BCUT2D eigenvalue weighted by Crippen LogP contribution is -1.96. The van der Waals surface area contributed by atoms with E-state index < -0.39 is 0 Å². The second-order valence-corrected chi connectivity index (χ2v) is 4.31. The first kappa shape index (κ1) is 10.5. The van der Waals surface area contributed by atoms with E-state index in [1.54, 1.807) is 0 Å². The van der Waals surface area contributed by atoms with Gasteiger partial charge in [-0.3, -0.25) is 4.98 Å². The minimum absolute atomic E-state index is 0.732. The third-order valence-corrected chi connectivity index (χ3v) is 3.19. The molecule has 0 saturated carbocycles. The van der Waals surface area contributed by atoms with Crippen LogP contribution in [0.2, 0.25) is 0 Å². The minimum Gasteiger partial charge on any atom is -0.377 e. The Morgan fingerprint density at radius 3 is 2.94 bits per heavy atom. The fourth-order valence-electron chi connectivity index (χ4n) is 2.36. The van der Waals surface area contributed by atoms with Crippen LogP contribution in [0.3, 0.4) is 0 Å². The Kier molecular flexibility index (Phi) is 2.88. The average Bonchev–Trinajstić information content (AvgIpc) is 2.64. The lowest BCUT2D eigenvalue weighted by Gasteiger charge is -2.11. The number of benzene rings is 1. The summed E-state index contributed by atoms with van der Waals surface area (Å²) >= 11 is 0. The van der Waals surface area contributed by atoms with Crippen LogP contribution in [0.4, 0.5) is 0 Å². The van der Waals surface area contributed by atoms with Gasteiger partial charge < -0.3 is 4.74 Å². The van der Waals surface area contributed by atoms with Gasteiger partial charge >= 0.3 is 0 Å². The highest BCUT2D eigenvalue weighted by Gasteiger charge is 2.13. The molecule has 0 radical (unpaired) electrons. The molecule has 2 heterocycles. The largest absolute Gasteiger partial charge is 0.377 e. The predicted octanol–water partition coefficient (Wildman–Crippen LogP) is 3.21. The van der Waals surface area contributed by atoms with E-state index in [4.69, 9.17) is 4.74 Å². The third kappa shape index (κ3) is 2.08. The van der Waals surface area contributed by atoms with Crippen LogP contribution in [0.5, 0.6) is 0 Å². The second-order valence-electron chi connectivity index (χ2n) is 4.31. The summed E-state index contributed by atoms with van der Waals surface area (Å²) in [5.41, 5.74) is 5.04. The van der Waals surface area contributed by atoms with E-state index in [0.717, 1.165) is 31.7 Å². The Morgan fingerprint density at radius 2 is 2.06 bits per heavy atom. The van der Waals surface area contributed by atoms with E-state index in [-0.39, 0.29) is 0 Å². The molecule has 0 amide bonds. The average molecular weight is 225 g/mol. The summed E-state index contributed by atoms with van der Waals surface area (Å²) in [6.07, 6.45) is 4.03. The fraction of sp³-hybridized carbons (Fsp3) is 0.267. The van der Waals surface area contributed by atoms with Crippen molar-refractivity contribution in [3.63, 3.8) is 0 Å². The van der Waals surface area contributed by atoms with Crippen LogP contribution < -0.4 is 0 Å². The summed E-state index contributed by atoms with van der Waals surface area (Å²) in [5.74, 6) is 0. The highest BCUT2D eigenvalue weighted by Crippen LogP contribution is 2.27. The molecule has 2 nitrogen and oxygen atoms in total. The molecule has 0 unspecified atom stereocenters. The Hall–Kier alpha value is -1.67.